The van der Waals surface area contributed by atoms with Gasteiger partial charge in [0.05, 0.1) is 5.56 Å². The van der Waals surface area contributed by atoms with Crippen molar-refractivity contribution in [2.75, 3.05) is 6.26 Å². The molecule has 12 heavy (non-hydrogen) atoms. The van der Waals surface area contributed by atoms with Gasteiger partial charge in [-0.25, -0.2) is 9.97 Å². The van der Waals surface area contributed by atoms with Gasteiger partial charge in [0.2, 0.25) is 0 Å². The van der Waals surface area contributed by atoms with Gasteiger partial charge in [0.25, 0.3) is 5.24 Å². The molecular formula is C6H4BrClN2OS. The molecule has 0 aliphatic rings. The summed E-state index contributed by atoms with van der Waals surface area (Å²) >= 11 is 9.76. The first-order chi connectivity index (χ1) is 5.65. The Balaban J connectivity index is 3.12. The Hall–Kier alpha value is -0.130. The van der Waals surface area contributed by atoms with Crippen LogP contribution in [-0.2, 0) is 0 Å². The molecule has 0 unspecified atom stereocenters. The van der Waals surface area contributed by atoms with Crippen LogP contribution in [0.2, 0.25) is 0 Å². The van der Waals surface area contributed by atoms with E-state index in [1.165, 1.54) is 18.0 Å². The molecule has 0 amide bonds. The maximum absolute atomic E-state index is 10.7. The van der Waals surface area contributed by atoms with Gasteiger partial charge in [0.1, 0.15) is 4.60 Å². The molecule has 1 aromatic rings. The Morgan fingerprint density at radius 3 is 2.83 bits per heavy atom. The smallest absolute Gasteiger partial charge is 0.256 e. The lowest BCUT2D eigenvalue weighted by Crippen LogP contribution is -1.96. The first-order valence-electron chi connectivity index (χ1n) is 2.91. The highest BCUT2D eigenvalue weighted by Gasteiger charge is 2.09. The molecule has 6 heteroatoms. The zero-order valence-electron chi connectivity index (χ0n) is 6.04. The number of hydrogen-bond donors (Lipinski definition) is 0. The van der Waals surface area contributed by atoms with Gasteiger partial charge < -0.3 is 0 Å². The van der Waals surface area contributed by atoms with Crippen molar-refractivity contribution in [3.05, 3.63) is 16.4 Å². The fourth-order valence-electron chi connectivity index (χ4n) is 0.576. The number of halogens is 2. The quantitative estimate of drug-likeness (QED) is 0.357. The van der Waals surface area contributed by atoms with Crippen molar-refractivity contribution in [3.8, 4) is 0 Å². The monoisotopic (exact) mass is 266 g/mol. The third kappa shape index (κ3) is 2.18. The number of thioether (sulfide) groups is 1. The number of rotatable bonds is 2. The predicted octanol–water partition coefficient (Wildman–Crippen LogP) is 2.34. The van der Waals surface area contributed by atoms with Gasteiger partial charge in [-0.1, -0.05) is 11.8 Å². The predicted molar refractivity (Wildman–Crippen MR) is 51.7 cm³/mol. The summed E-state index contributed by atoms with van der Waals surface area (Å²) in [6, 6.07) is 0. The molecule has 0 bridgehead atoms. The number of aromatic nitrogens is 2. The Bertz CT molecular complexity index is 320. The molecule has 0 aliphatic carbocycles. The minimum absolute atomic E-state index is 0.287. The highest BCUT2D eigenvalue weighted by atomic mass is 79.9. The van der Waals surface area contributed by atoms with Crippen molar-refractivity contribution >= 4 is 44.5 Å². The number of carbonyl (C=O) groups is 1. The topological polar surface area (TPSA) is 42.9 Å². The van der Waals surface area contributed by atoms with Crippen LogP contribution in [0.15, 0.2) is 16.0 Å². The molecule has 0 atom stereocenters. The lowest BCUT2D eigenvalue weighted by molar-refractivity contribution is 0.107. The van der Waals surface area contributed by atoms with E-state index in [-0.39, 0.29) is 5.56 Å². The standard InChI is InChI=1S/C6H4BrClN2OS/c1-12-6-9-2-3(5(8)11)4(7)10-6/h2H,1H3. The van der Waals surface area contributed by atoms with Gasteiger partial charge in [-0.05, 0) is 33.8 Å². The summed E-state index contributed by atoms with van der Waals surface area (Å²) in [5.41, 5.74) is 0.287. The van der Waals surface area contributed by atoms with Crippen molar-refractivity contribution < 1.29 is 4.79 Å². The molecule has 0 N–H and O–H groups in total. The molecule has 64 valence electrons. The molecule has 1 heterocycles. The average molecular weight is 268 g/mol. The fraction of sp³-hybridized carbons (Fsp3) is 0.167. The van der Waals surface area contributed by atoms with Crippen LogP contribution >= 0.6 is 39.3 Å². The van der Waals surface area contributed by atoms with Crippen molar-refractivity contribution in [2.24, 2.45) is 0 Å². The zero-order valence-corrected chi connectivity index (χ0v) is 9.20. The largest absolute Gasteiger partial charge is 0.275 e. The van der Waals surface area contributed by atoms with Gasteiger partial charge >= 0.3 is 0 Å². The van der Waals surface area contributed by atoms with E-state index in [2.05, 4.69) is 25.9 Å². The summed E-state index contributed by atoms with van der Waals surface area (Å²) < 4.78 is 0.432. The van der Waals surface area contributed by atoms with E-state index < -0.39 is 5.24 Å². The van der Waals surface area contributed by atoms with Gasteiger partial charge in [-0.2, -0.15) is 0 Å². The van der Waals surface area contributed by atoms with E-state index in [1.807, 2.05) is 6.26 Å². The maximum Gasteiger partial charge on any atom is 0.256 e. The molecular weight excluding hydrogens is 264 g/mol. The van der Waals surface area contributed by atoms with Crippen LogP contribution in [-0.4, -0.2) is 21.5 Å². The summed E-state index contributed by atoms with van der Waals surface area (Å²) in [6.07, 6.45) is 3.25. The van der Waals surface area contributed by atoms with Crippen LogP contribution in [0.25, 0.3) is 0 Å². The van der Waals surface area contributed by atoms with Crippen molar-refractivity contribution in [3.63, 3.8) is 0 Å². The molecule has 0 aliphatic heterocycles. The molecule has 0 fully saturated rings. The van der Waals surface area contributed by atoms with Crippen molar-refractivity contribution in [1.82, 2.24) is 9.97 Å². The number of carbonyl (C=O) groups excluding carboxylic acids is 1. The Morgan fingerprint density at radius 1 is 1.75 bits per heavy atom. The average Bonchev–Trinajstić information content (AvgIpc) is 2.03. The second-order valence-electron chi connectivity index (χ2n) is 1.83. The Labute approximate surface area is 87.1 Å². The van der Waals surface area contributed by atoms with Crippen molar-refractivity contribution in [2.45, 2.75) is 5.16 Å². The summed E-state index contributed by atoms with van der Waals surface area (Å²) in [5, 5.41) is 0.0399. The highest BCUT2D eigenvalue weighted by molar-refractivity contribution is 9.10. The van der Waals surface area contributed by atoms with E-state index in [9.17, 15) is 4.79 Å². The van der Waals surface area contributed by atoms with Crippen LogP contribution in [0.4, 0.5) is 0 Å². The van der Waals surface area contributed by atoms with E-state index in [4.69, 9.17) is 11.6 Å². The molecule has 0 aromatic carbocycles. The molecule has 0 saturated carbocycles. The van der Waals surface area contributed by atoms with E-state index in [0.29, 0.717) is 9.76 Å². The van der Waals surface area contributed by atoms with Crippen LogP contribution in [0.3, 0.4) is 0 Å². The summed E-state index contributed by atoms with van der Waals surface area (Å²) in [4.78, 5) is 18.6. The Kier molecular flexibility index (Phi) is 3.49. The van der Waals surface area contributed by atoms with Crippen molar-refractivity contribution in [1.29, 1.82) is 0 Å². The normalized spacial score (nSPS) is 9.92. The zero-order chi connectivity index (χ0) is 9.14. The van der Waals surface area contributed by atoms with Crippen LogP contribution in [0, 0.1) is 0 Å². The summed E-state index contributed by atoms with van der Waals surface area (Å²) in [6.45, 7) is 0. The van der Waals surface area contributed by atoms with Crippen LogP contribution in [0.1, 0.15) is 10.4 Å². The first-order valence-corrected chi connectivity index (χ1v) is 5.31. The van der Waals surface area contributed by atoms with Gasteiger partial charge in [-0.15, -0.1) is 0 Å². The third-order valence-corrected chi connectivity index (χ3v) is 2.48. The van der Waals surface area contributed by atoms with Gasteiger partial charge in [0.15, 0.2) is 5.16 Å². The molecule has 1 aromatic heterocycles. The molecule has 0 radical (unpaired) electrons. The molecule has 0 saturated heterocycles. The van der Waals surface area contributed by atoms with Gasteiger partial charge in [0, 0.05) is 6.20 Å². The highest BCUT2D eigenvalue weighted by Crippen LogP contribution is 2.18. The molecule has 0 spiro atoms. The SMILES string of the molecule is CSc1ncc(C(=O)Cl)c(Br)n1. The molecule has 3 nitrogen and oxygen atoms in total. The van der Waals surface area contributed by atoms with E-state index in [1.54, 1.807) is 0 Å². The van der Waals surface area contributed by atoms with E-state index in [0.717, 1.165) is 0 Å². The number of nitrogens with zero attached hydrogens (tertiary/aromatic N) is 2. The minimum atomic E-state index is -0.561. The van der Waals surface area contributed by atoms with E-state index >= 15 is 0 Å². The fourth-order valence-corrected chi connectivity index (χ4v) is 1.74. The third-order valence-electron chi connectivity index (χ3n) is 1.11. The summed E-state index contributed by atoms with van der Waals surface area (Å²) in [5.74, 6) is 0. The summed E-state index contributed by atoms with van der Waals surface area (Å²) in [7, 11) is 0. The minimum Gasteiger partial charge on any atom is -0.275 e. The van der Waals surface area contributed by atoms with Crippen LogP contribution in [0.5, 0.6) is 0 Å². The lowest BCUT2D eigenvalue weighted by atomic mass is 10.4. The van der Waals surface area contributed by atoms with Crippen LogP contribution < -0.4 is 0 Å². The molecule has 1 rings (SSSR count). The lowest BCUT2D eigenvalue weighted by Gasteiger charge is -1.98. The Morgan fingerprint density at radius 2 is 2.42 bits per heavy atom. The first kappa shape index (κ1) is 9.95. The second-order valence-corrected chi connectivity index (χ2v) is 3.70. The maximum atomic E-state index is 10.7. The van der Waals surface area contributed by atoms with Gasteiger partial charge in [-0.3, -0.25) is 4.79 Å². The second kappa shape index (κ2) is 4.20. The number of hydrogen-bond acceptors (Lipinski definition) is 4.